The van der Waals surface area contributed by atoms with Crippen molar-refractivity contribution in [3.05, 3.63) is 0 Å². The Hall–Kier alpha value is -0.200. The van der Waals surface area contributed by atoms with Crippen LogP contribution in [-0.2, 0) is 19.2 Å². The van der Waals surface area contributed by atoms with Crippen molar-refractivity contribution < 1.29 is 98.7 Å². The van der Waals surface area contributed by atoms with Gasteiger partial charge in [0, 0.05) is 12.5 Å². The molecule has 0 fully saturated rings. The van der Waals surface area contributed by atoms with Crippen LogP contribution < -0.4 is 80.8 Å². The van der Waals surface area contributed by atoms with Gasteiger partial charge >= 0.3 is 71.1 Å². The topological polar surface area (TPSA) is 207 Å². The van der Waals surface area contributed by atoms with Gasteiger partial charge in [-0.25, -0.2) is 0 Å². The Morgan fingerprint density at radius 1 is 0.857 bits per heavy atom. The van der Waals surface area contributed by atoms with E-state index < -0.39 is 42.4 Å². The molecule has 12 heteroatoms. The van der Waals surface area contributed by atoms with Gasteiger partial charge in [0.05, 0.1) is 24.4 Å². The van der Waals surface area contributed by atoms with Crippen LogP contribution in [-0.4, -0.2) is 46.2 Å². The molecule has 0 saturated carbocycles. The summed E-state index contributed by atoms with van der Waals surface area (Å²) in [6, 6.07) is -2.57. The molecule has 10 nitrogen and oxygen atoms in total. The molecule has 0 radical (unpaired) electrons. The number of carboxylic acid groups (broad SMARTS) is 4. The van der Waals surface area contributed by atoms with E-state index in [4.69, 9.17) is 21.7 Å². The van der Waals surface area contributed by atoms with E-state index in [0.29, 0.717) is 0 Å². The number of rotatable bonds is 7. The van der Waals surface area contributed by atoms with Gasteiger partial charge < -0.3 is 41.5 Å². The minimum absolute atomic E-state index is 0. The van der Waals surface area contributed by atoms with Gasteiger partial charge in [-0.15, -0.1) is 0 Å². The van der Waals surface area contributed by atoms with Crippen molar-refractivity contribution in [2.45, 2.75) is 31.3 Å². The Bertz CT molecular complexity index is 353. The second kappa shape index (κ2) is 16.2. The van der Waals surface area contributed by atoms with E-state index in [1.165, 1.54) is 0 Å². The summed E-state index contributed by atoms with van der Waals surface area (Å²) < 4.78 is 0. The molecule has 0 amide bonds. The Kier molecular flexibility index (Phi) is 22.3. The van der Waals surface area contributed by atoms with Crippen molar-refractivity contribution in [2.24, 2.45) is 11.5 Å². The van der Waals surface area contributed by atoms with Crippen LogP contribution in [0, 0.1) is 0 Å². The molecular weight excluding hydrogens is 310 g/mol. The molecule has 0 saturated heterocycles. The number of hydrogen-bond donors (Lipinski definition) is 4. The Balaban J connectivity index is -0.000000126. The van der Waals surface area contributed by atoms with Crippen LogP contribution in [0.2, 0.25) is 0 Å². The van der Waals surface area contributed by atoms with E-state index in [1.807, 2.05) is 0 Å². The fourth-order valence-corrected chi connectivity index (χ4v) is 0.668. The fourth-order valence-electron chi connectivity index (χ4n) is 0.668. The van der Waals surface area contributed by atoms with Crippen molar-refractivity contribution in [3.63, 3.8) is 0 Å². The molecule has 21 heavy (non-hydrogen) atoms. The number of carboxylic acids is 4. The molecule has 110 valence electrons. The summed E-state index contributed by atoms with van der Waals surface area (Å²) >= 11 is 0. The monoisotopic (exact) mass is 324 g/mol. The van der Waals surface area contributed by atoms with Gasteiger partial charge in [-0.3, -0.25) is 9.59 Å². The first-order valence-corrected chi connectivity index (χ1v) is 4.94. The molecule has 0 aromatic rings. The summed E-state index contributed by atoms with van der Waals surface area (Å²) in [7, 11) is 0. The molecule has 0 heterocycles. The molecule has 0 rings (SSSR count). The summed E-state index contributed by atoms with van der Waals surface area (Å²) in [5, 5.41) is 35.7. The summed E-state index contributed by atoms with van der Waals surface area (Å²) in [5.41, 5.74) is 9.71. The SMILES string of the molecule is N[C@@H](CC(=O)O)C(=O)[O-].N[C@@H](CCC(=O)O)C(=O)[O-].[Na+].[Na+]. The molecule has 0 aromatic carbocycles. The van der Waals surface area contributed by atoms with Crippen LogP contribution in [0.4, 0.5) is 0 Å². The van der Waals surface area contributed by atoms with Gasteiger partial charge in [-0.05, 0) is 6.42 Å². The van der Waals surface area contributed by atoms with Crippen LogP contribution >= 0.6 is 0 Å². The Morgan fingerprint density at radius 2 is 1.24 bits per heavy atom. The molecule has 0 aromatic heterocycles. The van der Waals surface area contributed by atoms with Gasteiger partial charge in [0.25, 0.3) is 0 Å². The number of carbonyl (C=O) groups is 4. The fraction of sp³-hybridized carbons (Fsp3) is 0.556. The first kappa shape index (κ1) is 28.9. The zero-order valence-electron chi connectivity index (χ0n) is 11.8. The Labute approximate surface area is 164 Å². The zero-order valence-corrected chi connectivity index (χ0v) is 15.8. The number of nitrogens with two attached hydrogens (primary N) is 2. The second-order valence-electron chi connectivity index (χ2n) is 3.38. The molecule has 2 atom stereocenters. The predicted octanol–water partition coefficient (Wildman–Crippen LogP) is -10.5. The average Bonchev–Trinajstić information content (AvgIpc) is 2.25. The molecule has 0 aliphatic rings. The summed E-state index contributed by atoms with van der Waals surface area (Å²) in [4.78, 5) is 39.2. The Morgan fingerprint density at radius 3 is 1.43 bits per heavy atom. The van der Waals surface area contributed by atoms with E-state index in [-0.39, 0.29) is 72.0 Å². The van der Waals surface area contributed by atoms with Crippen molar-refractivity contribution in [3.8, 4) is 0 Å². The first-order chi connectivity index (χ1) is 8.57. The summed E-state index contributed by atoms with van der Waals surface area (Å²) in [5.74, 6) is -5.26. The van der Waals surface area contributed by atoms with Crippen LogP contribution in [0.15, 0.2) is 0 Å². The number of aliphatic carboxylic acids is 4. The smallest absolute Gasteiger partial charge is 0.548 e. The summed E-state index contributed by atoms with van der Waals surface area (Å²) in [6.07, 6.45) is -0.921. The third kappa shape index (κ3) is 22.2. The van der Waals surface area contributed by atoms with Gasteiger partial charge in [0.15, 0.2) is 0 Å². The molecule has 6 N–H and O–H groups in total. The third-order valence-electron chi connectivity index (χ3n) is 1.67. The van der Waals surface area contributed by atoms with Crippen LogP contribution in [0.3, 0.4) is 0 Å². The van der Waals surface area contributed by atoms with Gasteiger partial charge in [0.1, 0.15) is 0 Å². The average molecular weight is 324 g/mol. The minimum Gasteiger partial charge on any atom is -0.548 e. The van der Waals surface area contributed by atoms with Crippen LogP contribution in [0.1, 0.15) is 19.3 Å². The number of hydrogen-bond acceptors (Lipinski definition) is 8. The first-order valence-electron chi connectivity index (χ1n) is 4.94. The molecule has 0 aliphatic heterocycles. The number of carbonyl (C=O) groups excluding carboxylic acids is 2. The van der Waals surface area contributed by atoms with Crippen LogP contribution in [0.5, 0.6) is 0 Å². The van der Waals surface area contributed by atoms with Gasteiger partial charge in [-0.1, -0.05) is 0 Å². The van der Waals surface area contributed by atoms with E-state index >= 15 is 0 Å². The van der Waals surface area contributed by atoms with E-state index in [1.54, 1.807) is 0 Å². The molecular formula is C9H14N2Na2O8. The van der Waals surface area contributed by atoms with Gasteiger partial charge in [-0.2, -0.15) is 0 Å². The van der Waals surface area contributed by atoms with E-state index in [2.05, 4.69) is 0 Å². The normalized spacial score (nSPS) is 11.3. The molecule has 0 spiro atoms. The quantitative estimate of drug-likeness (QED) is 0.325. The minimum atomic E-state index is -1.54. The van der Waals surface area contributed by atoms with Crippen molar-refractivity contribution in [2.75, 3.05) is 0 Å². The zero-order chi connectivity index (χ0) is 15.6. The maximum absolute atomic E-state index is 9.88. The largest absolute Gasteiger partial charge is 1.00 e. The standard InChI is InChI=1S/C5H9NO4.C4H7NO4.2Na/c6-3(5(9)10)1-2-4(7)8;5-2(4(8)9)1-3(6)7;;/h3H,1-2,6H2,(H,7,8)(H,9,10);2H,1,5H2,(H,6,7)(H,8,9);;/q;;2*+1/p-2/t3-;2-;;/m00../s1. The van der Waals surface area contributed by atoms with Crippen molar-refractivity contribution in [1.29, 1.82) is 0 Å². The van der Waals surface area contributed by atoms with Crippen LogP contribution in [0.25, 0.3) is 0 Å². The van der Waals surface area contributed by atoms with Crippen molar-refractivity contribution >= 4 is 23.9 Å². The van der Waals surface area contributed by atoms with Crippen molar-refractivity contribution in [1.82, 2.24) is 0 Å². The second-order valence-corrected chi connectivity index (χ2v) is 3.38. The predicted molar refractivity (Wildman–Crippen MR) is 55.1 cm³/mol. The molecule has 0 aliphatic carbocycles. The van der Waals surface area contributed by atoms with E-state index in [9.17, 15) is 29.4 Å². The summed E-state index contributed by atoms with van der Waals surface area (Å²) in [6.45, 7) is 0. The molecule has 0 bridgehead atoms. The third-order valence-corrected chi connectivity index (χ3v) is 1.67. The maximum Gasteiger partial charge on any atom is 1.00 e. The van der Waals surface area contributed by atoms with E-state index in [0.717, 1.165) is 0 Å². The molecule has 0 unspecified atom stereocenters. The van der Waals surface area contributed by atoms with Gasteiger partial charge in [0.2, 0.25) is 0 Å². The maximum atomic E-state index is 9.88.